The minimum absolute atomic E-state index is 0.00333. The Morgan fingerprint density at radius 2 is 2.10 bits per heavy atom. The zero-order valence-corrected chi connectivity index (χ0v) is 12.8. The Morgan fingerprint density at radius 1 is 1.35 bits per heavy atom. The van der Waals surface area contributed by atoms with Gasteiger partial charge in [-0.05, 0) is 38.0 Å². The molecule has 0 aliphatic carbocycles. The fourth-order valence-electron chi connectivity index (χ4n) is 1.54. The number of nitrogens with one attached hydrogen (secondary N) is 1. The number of alkyl halides is 1. The maximum absolute atomic E-state index is 11.8. The number of hydrogen-bond donors (Lipinski definition) is 1. The molecule has 112 valence electrons. The van der Waals surface area contributed by atoms with E-state index in [0.717, 1.165) is 0 Å². The quantitative estimate of drug-likeness (QED) is 0.454. The van der Waals surface area contributed by atoms with E-state index in [1.165, 1.54) is 6.07 Å². The molecular weight excluding hydrogens is 302 g/mol. The summed E-state index contributed by atoms with van der Waals surface area (Å²) >= 11 is 5.51. The van der Waals surface area contributed by atoms with Crippen LogP contribution in [0.2, 0.25) is 0 Å². The third-order valence-electron chi connectivity index (χ3n) is 2.44. The number of ether oxygens (including phenoxy) is 1. The maximum Gasteiger partial charge on any atom is 0.338 e. The van der Waals surface area contributed by atoms with E-state index in [1.807, 2.05) is 0 Å². The zero-order valence-electron chi connectivity index (χ0n) is 11.3. The van der Waals surface area contributed by atoms with E-state index >= 15 is 0 Å². The Kier molecular flexibility index (Phi) is 6.81. The van der Waals surface area contributed by atoms with Crippen molar-refractivity contribution in [2.45, 2.75) is 19.8 Å². The highest BCUT2D eigenvalue weighted by Crippen LogP contribution is 2.14. The lowest BCUT2D eigenvalue weighted by Crippen LogP contribution is -2.17. The second kappa shape index (κ2) is 8.11. The van der Waals surface area contributed by atoms with Gasteiger partial charge in [0.25, 0.3) is 0 Å². The zero-order chi connectivity index (χ0) is 15.0. The molecule has 0 saturated carbocycles. The van der Waals surface area contributed by atoms with Crippen LogP contribution in [0.4, 0.5) is 5.69 Å². The van der Waals surface area contributed by atoms with Gasteiger partial charge in [-0.1, -0.05) is 6.07 Å². The number of hydrogen-bond acceptors (Lipinski definition) is 4. The molecule has 7 heteroatoms. The minimum atomic E-state index is -3.42. The average molecular weight is 320 g/mol. The number of anilines is 1. The van der Waals surface area contributed by atoms with Crippen LogP contribution < -0.4 is 4.72 Å². The first kappa shape index (κ1) is 16.8. The fourth-order valence-corrected chi connectivity index (χ4v) is 2.90. The molecule has 0 aliphatic heterocycles. The lowest BCUT2D eigenvalue weighted by atomic mass is 10.2. The highest BCUT2D eigenvalue weighted by Gasteiger charge is 2.12. The van der Waals surface area contributed by atoms with Crippen LogP contribution >= 0.6 is 11.6 Å². The monoisotopic (exact) mass is 319 g/mol. The van der Waals surface area contributed by atoms with Crippen molar-refractivity contribution < 1.29 is 17.9 Å². The van der Waals surface area contributed by atoms with E-state index in [9.17, 15) is 13.2 Å². The van der Waals surface area contributed by atoms with Crippen LogP contribution in [-0.4, -0.2) is 32.6 Å². The van der Waals surface area contributed by atoms with Crippen LogP contribution in [0, 0.1) is 0 Å². The molecule has 0 saturated heterocycles. The van der Waals surface area contributed by atoms with Crippen LogP contribution in [0.3, 0.4) is 0 Å². The number of unbranched alkanes of at least 4 members (excludes halogenated alkanes) is 1. The van der Waals surface area contributed by atoms with Gasteiger partial charge in [-0.15, -0.1) is 11.6 Å². The predicted molar refractivity (Wildman–Crippen MR) is 79.8 cm³/mol. The number of halogens is 1. The molecule has 0 bridgehead atoms. The van der Waals surface area contributed by atoms with Gasteiger partial charge in [-0.2, -0.15) is 0 Å². The Morgan fingerprint density at radius 3 is 2.75 bits per heavy atom. The molecule has 0 radical (unpaired) electrons. The molecule has 0 unspecified atom stereocenters. The molecule has 0 atom stereocenters. The summed E-state index contributed by atoms with van der Waals surface area (Å²) in [4.78, 5) is 11.6. The summed E-state index contributed by atoms with van der Waals surface area (Å²) in [5.74, 6) is -0.0345. The Hall–Kier alpha value is -1.27. The molecule has 1 N–H and O–H groups in total. The van der Waals surface area contributed by atoms with Crippen LogP contribution in [0.15, 0.2) is 24.3 Å². The normalized spacial score (nSPS) is 11.1. The van der Waals surface area contributed by atoms with Gasteiger partial charge < -0.3 is 4.74 Å². The number of benzene rings is 1. The van der Waals surface area contributed by atoms with Crippen molar-refractivity contribution in [3.8, 4) is 0 Å². The maximum atomic E-state index is 11.8. The highest BCUT2D eigenvalue weighted by atomic mass is 35.5. The van der Waals surface area contributed by atoms with Crippen LogP contribution in [-0.2, 0) is 14.8 Å². The molecule has 0 fully saturated rings. The smallest absolute Gasteiger partial charge is 0.338 e. The second-order valence-corrected chi connectivity index (χ2v) is 6.34. The molecule has 1 aromatic carbocycles. The molecule has 0 amide bonds. The van der Waals surface area contributed by atoms with Crippen molar-refractivity contribution in [3.05, 3.63) is 29.8 Å². The Balaban J connectivity index is 2.73. The summed E-state index contributed by atoms with van der Waals surface area (Å²) in [5, 5.41) is 0. The van der Waals surface area contributed by atoms with Crippen LogP contribution in [0.5, 0.6) is 0 Å². The van der Waals surface area contributed by atoms with Gasteiger partial charge in [0, 0.05) is 11.6 Å². The molecule has 1 aromatic rings. The largest absolute Gasteiger partial charge is 0.462 e. The summed E-state index contributed by atoms with van der Waals surface area (Å²) in [5.41, 5.74) is 0.661. The predicted octanol–water partition coefficient (Wildman–Crippen LogP) is 2.62. The molecule has 0 aliphatic rings. The lowest BCUT2D eigenvalue weighted by Gasteiger charge is -2.09. The van der Waals surface area contributed by atoms with Crippen molar-refractivity contribution in [3.63, 3.8) is 0 Å². The van der Waals surface area contributed by atoms with Gasteiger partial charge in [0.1, 0.15) is 0 Å². The summed E-state index contributed by atoms with van der Waals surface area (Å²) < 4.78 is 30.9. The van der Waals surface area contributed by atoms with Crippen molar-refractivity contribution in [2.75, 3.05) is 23.0 Å². The molecule has 20 heavy (non-hydrogen) atoms. The Labute approximate surface area is 124 Å². The van der Waals surface area contributed by atoms with Gasteiger partial charge >= 0.3 is 5.97 Å². The average Bonchev–Trinajstić information content (AvgIpc) is 2.39. The Bertz CT molecular complexity index is 545. The van der Waals surface area contributed by atoms with E-state index < -0.39 is 16.0 Å². The first-order valence-electron chi connectivity index (χ1n) is 6.32. The molecule has 0 aromatic heterocycles. The highest BCUT2D eigenvalue weighted by molar-refractivity contribution is 7.92. The molecule has 5 nitrogen and oxygen atoms in total. The number of carbonyl (C=O) groups excluding carboxylic acids is 1. The number of rotatable bonds is 8. The van der Waals surface area contributed by atoms with E-state index in [2.05, 4.69) is 4.72 Å². The number of carbonyl (C=O) groups is 1. The summed E-state index contributed by atoms with van der Waals surface area (Å²) in [6.07, 6.45) is 1.14. The summed E-state index contributed by atoms with van der Waals surface area (Å²) in [6, 6.07) is 6.21. The second-order valence-electron chi connectivity index (χ2n) is 4.12. The van der Waals surface area contributed by atoms with Crippen molar-refractivity contribution in [2.24, 2.45) is 0 Å². The van der Waals surface area contributed by atoms with Crippen LogP contribution in [0.1, 0.15) is 30.1 Å². The van der Waals surface area contributed by atoms with E-state index in [0.29, 0.717) is 30.0 Å². The molecule has 0 heterocycles. The summed E-state index contributed by atoms with van der Waals surface area (Å²) in [7, 11) is -3.42. The minimum Gasteiger partial charge on any atom is -0.462 e. The third kappa shape index (κ3) is 5.79. The lowest BCUT2D eigenvalue weighted by molar-refractivity contribution is 0.0526. The molecular formula is C13H18ClNO4S. The van der Waals surface area contributed by atoms with E-state index in [4.69, 9.17) is 16.3 Å². The van der Waals surface area contributed by atoms with E-state index in [1.54, 1.807) is 25.1 Å². The molecule has 1 rings (SSSR count). The van der Waals surface area contributed by atoms with Crippen LogP contribution in [0.25, 0.3) is 0 Å². The van der Waals surface area contributed by atoms with Gasteiger partial charge in [0.05, 0.1) is 17.9 Å². The molecule has 0 spiro atoms. The third-order valence-corrected chi connectivity index (χ3v) is 4.08. The number of sulfonamides is 1. The van der Waals surface area contributed by atoms with Gasteiger partial charge in [-0.25, -0.2) is 13.2 Å². The van der Waals surface area contributed by atoms with E-state index in [-0.39, 0.29) is 12.4 Å². The van der Waals surface area contributed by atoms with Crippen molar-refractivity contribution in [1.82, 2.24) is 0 Å². The topological polar surface area (TPSA) is 72.5 Å². The van der Waals surface area contributed by atoms with Crippen molar-refractivity contribution in [1.29, 1.82) is 0 Å². The van der Waals surface area contributed by atoms with Crippen molar-refractivity contribution >= 4 is 33.3 Å². The SMILES string of the molecule is CCOC(=O)c1cccc(NS(=O)(=O)CCCCCl)c1. The number of esters is 1. The first-order chi connectivity index (χ1) is 9.48. The fraction of sp³-hybridized carbons (Fsp3) is 0.462. The van der Waals surface area contributed by atoms with Gasteiger partial charge in [0.15, 0.2) is 0 Å². The standard InChI is InChI=1S/C13H18ClNO4S/c1-2-19-13(16)11-6-5-7-12(10-11)15-20(17,18)9-4-3-8-14/h5-7,10,15H,2-4,8-9H2,1H3. The van der Waals surface area contributed by atoms with Gasteiger partial charge in [-0.3, -0.25) is 4.72 Å². The summed E-state index contributed by atoms with van der Waals surface area (Å²) in [6.45, 7) is 1.98. The first-order valence-corrected chi connectivity index (χ1v) is 8.51. The van der Waals surface area contributed by atoms with Gasteiger partial charge in [0.2, 0.25) is 10.0 Å².